The standard InChI is InChI=1S/C25H18O5S/c26-25(27)20-13-11-17(12-14-20)21-15-22(18-7-3-1-4-8-18)24(31(28,29)30)23(16-21)19-9-5-2-6-10-19/h1-16H,(H,26,27)(H,28,29,30). The normalized spacial score (nSPS) is 11.3. The molecule has 0 amide bonds. The van der Waals surface area contributed by atoms with Crippen molar-refractivity contribution in [2.24, 2.45) is 0 Å². The van der Waals surface area contributed by atoms with Gasteiger partial charge in [0.2, 0.25) is 0 Å². The van der Waals surface area contributed by atoms with Gasteiger partial charge in [0, 0.05) is 11.1 Å². The summed E-state index contributed by atoms with van der Waals surface area (Å²) in [6, 6.07) is 27.6. The summed E-state index contributed by atoms with van der Waals surface area (Å²) in [5, 5.41) is 9.16. The molecule has 0 bridgehead atoms. The maximum atomic E-state index is 12.5. The van der Waals surface area contributed by atoms with Crippen molar-refractivity contribution in [2.45, 2.75) is 4.90 Å². The Hall–Kier alpha value is -3.74. The minimum Gasteiger partial charge on any atom is -0.478 e. The fourth-order valence-electron chi connectivity index (χ4n) is 3.54. The number of benzene rings is 4. The van der Waals surface area contributed by atoms with Crippen LogP contribution in [0.5, 0.6) is 0 Å². The van der Waals surface area contributed by atoms with Crippen molar-refractivity contribution in [1.29, 1.82) is 0 Å². The van der Waals surface area contributed by atoms with E-state index in [0.717, 1.165) is 5.56 Å². The van der Waals surface area contributed by atoms with Crippen molar-refractivity contribution in [3.63, 3.8) is 0 Å². The van der Waals surface area contributed by atoms with E-state index in [0.29, 0.717) is 27.8 Å². The molecule has 0 unspecified atom stereocenters. The molecule has 0 aliphatic rings. The first-order valence-electron chi connectivity index (χ1n) is 9.45. The highest BCUT2D eigenvalue weighted by Crippen LogP contribution is 2.39. The van der Waals surface area contributed by atoms with Crippen LogP contribution in [0.1, 0.15) is 10.4 Å². The molecule has 0 heterocycles. The quantitative estimate of drug-likeness (QED) is 0.400. The average molecular weight is 430 g/mol. The summed E-state index contributed by atoms with van der Waals surface area (Å²) >= 11 is 0. The van der Waals surface area contributed by atoms with Gasteiger partial charge in [0.1, 0.15) is 4.90 Å². The van der Waals surface area contributed by atoms with E-state index in [1.165, 1.54) is 12.1 Å². The Bertz CT molecular complexity index is 1280. The molecule has 0 saturated heterocycles. The summed E-state index contributed by atoms with van der Waals surface area (Å²) in [4.78, 5) is 11.0. The molecule has 0 aliphatic carbocycles. The number of carboxylic acid groups (broad SMARTS) is 1. The van der Waals surface area contributed by atoms with E-state index in [2.05, 4.69) is 0 Å². The third kappa shape index (κ3) is 4.26. The lowest BCUT2D eigenvalue weighted by Crippen LogP contribution is -2.04. The van der Waals surface area contributed by atoms with Gasteiger partial charge in [0.25, 0.3) is 10.1 Å². The Labute approximate surface area is 180 Å². The van der Waals surface area contributed by atoms with Crippen molar-refractivity contribution in [3.8, 4) is 33.4 Å². The van der Waals surface area contributed by atoms with Gasteiger partial charge in [-0.3, -0.25) is 4.55 Å². The molecule has 4 rings (SSSR count). The SMILES string of the molecule is O=C(O)c1ccc(-c2cc(-c3ccccc3)c(S(=O)(=O)O)c(-c3ccccc3)c2)cc1. The smallest absolute Gasteiger partial charge is 0.335 e. The van der Waals surface area contributed by atoms with Crippen LogP contribution in [0.25, 0.3) is 33.4 Å². The minimum absolute atomic E-state index is 0.157. The van der Waals surface area contributed by atoms with Crippen molar-refractivity contribution in [3.05, 3.63) is 103 Å². The zero-order valence-electron chi connectivity index (χ0n) is 16.3. The number of hydrogen-bond acceptors (Lipinski definition) is 3. The van der Waals surface area contributed by atoms with E-state index >= 15 is 0 Å². The summed E-state index contributed by atoms with van der Waals surface area (Å²) in [7, 11) is -4.56. The summed E-state index contributed by atoms with van der Waals surface area (Å²) < 4.78 is 35.1. The number of carbonyl (C=O) groups is 1. The molecule has 154 valence electrons. The number of carboxylic acids is 1. The van der Waals surface area contributed by atoms with Crippen LogP contribution < -0.4 is 0 Å². The monoisotopic (exact) mass is 430 g/mol. The Morgan fingerprint density at radius 2 is 1.06 bits per heavy atom. The van der Waals surface area contributed by atoms with Crippen molar-refractivity contribution in [1.82, 2.24) is 0 Å². The Balaban J connectivity index is 2.05. The Morgan fingerprint density at radius 1 is 0.613 bits per heavy atom. The molecule has 0 saturated carbocycles. The molecular formula is C25H18O5S. The van der Waals surface area contributed by atoms with E-state index < -0.39 is 16.1 Å². The molecule has 6 heteroatoms. The van der Waals surface area contributed by atoms with Crippen molar-refractivity contribution in [2.75, 3.05) is 0 Å². The largest absolute Gasteiger partial charge is 0.478 e. The summed E-state index contributed by atoms with van der Waals surface area (Å²) in [6.45, 7) is 0. The fraction of sp³-hybridized carbons (Fsp3) is 0. The maximum absolute atomic E-state index is 12.5. The lowest BCUT2D eigenvalue weighted by atomic mass is 9.93. The zero-order valence-corrected chi connectivity index (χ0v) is 17.1. The van der Waals surface area contributed by atoms with Gasteiger partial charge in [-0.2, -0.15) is 8.42 Å². The third-order valence-corrected chi connectivity index (χ3v) is 5.94. The topological polar surface area (TPSA) is 91.7 Å². The maximum Gasteiger partial charge on any atom is 0.335 e. The van der Waals surface area contributed by atoms with Crippen LogP contribution in [0.2, 0.25) is 0 Å². The van der Waals surface area contributed by atoms with Gasteiger partial charge in [-0.15, -0.1) is 0 Å². The molecule has 31 heavy (non-hydrogen) atoms. The predicted molar refractivity (Wildman–Crippen MR) is 120 cm³/mol. The molecule has 5 nitrogen and oxygen atoms in total. The number of aromatic carboxylic acids is 1. The second kappa shape index (κ2) is 8.18. The highest BCUT2D eigenvalue weighted by molar-refractivity contribution is 7.86. The molecule has 0 atom stereocenters. The third-order valence-electron chi connectivity index (χ3n) is 4.98. The Morgan fingerprint density at radius 3 is 1.45 bits per heavy atom. The van der Waals surface area contributed by atoms with E-state index in [-0.39, 0.29) is 10.5 Å². The highest BCUT2D eigenvalue weighted by Gasteiger charge is 2.24. The van der Waals surface area contributed by atoms with E-state index in [4.69, 9.17) is 5.11 Å². The molecule has 0 radical (unpaired) electrons. The summed E-state index contributed by atoms with van der Waals surface area (Å²) in [6.07, 6.45) is 0. The highest BCUT2D eigenvalue weighted by atomic mass is 32.2. The van der Waals surface area contributed by atoms with Crippen LogP contribution in [0.15, 0.2) is 102 Å². The van der Waals surface area contributed by atoms with Gasteiger partial charge in [0.05, 0.1) is 5.56 Å². The summed E-state index contributed by atoms with van der Waals surface area (Å²) in [5.41, 5.74) is 3.57. The average Bonchev–Trinajstić information content (AvgIpc) is 2.79. The van der Waals surface area contributed by atoms with Crippen LogP contribution in [-0.4, -0.2) is 24.0 Å². The van der Waals surface area contributed by atoms with E-state index in [9.17, 15) is 17.8 Å². The first-order chi connectivity index (χ1) is 14.8. The van der Waals surface area contributed by atoms with Gasteiger partial charge in [-0.1, -0.05) is 72.8 Å². The fourth-order valence-corrected chi connectivity index (χ4v) is 4.45. The molecule has 0 aromatic heterocycles. The lowest BCUT2D eigenvalue weighted by Gasteiger charge is -2.16. The molecule has 0 aliphatic heterocycles. The van der Waals surface area contributed by atoms with Crippen molar-refractivity contribution >= 4 is 16.1 Å². The molecule has 4 aromatic carbocycles. The first kappa shape index (κ1) is 20.5. The number of rotatable bonds is 5. The van der Waals surface area contributed by atoms with Gasteiger partial charge in [0.15, 0.2) is 0 Å². The van der Waals surface area contributed by atoms with Gasteiger partial charge >= 0.3 is 5.97 Å². The number of hydrogen-bond donors (Lipinski definition) is 2. The van der Waals surface area contributed by atoms with Crippen LogP contribution in [0.3, 0.4) is 0 Å². The van der Waals surface area contributed by atoms with E-state index in [1.54, 1.807) is 72.8 Å². The molecule has 0 fully saturated rings. The van der Waals surface area contributed by atoms with Crippen LogP contribution >= 0.6 is 0 Å². The molecule has 4 aromatic rings. The van der Waals surface area contributed by atoms with Crippen molar-refractivity contribution < 1.29 is 22.9 Å². The molecular weight excluding hydrogens is 412 g/mol. The van der Waals surface area contributed by atoms with E-state index in [1.807, 2.05) is 12.1 Å². The predicted octanol–water partition coefficient (Wildman–Crippen LogP) is 5.63. The second-order valence-electron chi connectivity index (χ2n) is 6.99. The van der Waals surface area contributed by atoms with Crippen LogP contribution in [-0.2, 0) is 10.1 Å². The zero-order chi connectivity index (χ0) is 22.0. The Kier molecular flexibility index (Phi) is 5.42. The van der Waals surface area contributed by atoms with Gasteiger partial charge < -0.3 is 5.11 Å². The van der Waals surface area contributed by atoms with Gasteiger partial charge in [-0.05, 0) is 46.5 Å². The molecule has 2 N–H and O–H groups in total. The van der Waals surface area contributed by atoms with Gasteiger partial charge in [-0.25, -0.2) is 4.79 Å². The first-order valence-corrected chi connectivity index (χ1v) is 10.9. The summed E-state index contributed by atoms with van der Waals surface area (Å²) in [5.74, 6) is -1.02. The minimum atomic E-state index is -4.56. The van der Waals surface area contributed by atoms with Crippen LogP contribution in [0, 0.1) is 0 Å². The lowest BCUT2D eigenvalue weighted by molar-refractivity contribution is 0.0697. The molecule has 0 spiro atoms. The van der Waals surface area contributed by atoms with Crippen LogP contribution in [0.4, 0.5) is 0 Å². The second-order valence-corrected chi connectivity index (χ2v) is 8.35.